The van der Waals surface area contributed by atoms with Crippen LogP contribution in [0.3, 0.4) is 0 Å². The van der Waals surface area contributed by atoms with Crippen LogP contribution in [-0.4, -0.2) is 53.4 Å². The van der Waals surface area contributed by atoms with Gasteiger partial charge in [0.1, 0.15) is 5.75 Å². The first-order chi connectivity index (χ1) is 9.80. The maximum atomic E-state index is 6.00. The van der Waals surface area contributed by atoms with Crippen molar-refractivity contribution in [2.75, 3.05) is 39.5 Å². The second-order valence-electron chi connectivity index (χ2n) is 4.99. The minimum absolute atomic E-state index is 0.596. The summed E-state index contributed by atoms with van der Waals surface area (Å²) in [6, 6.07) is 8.04. The molecule has 3 saturated heterocycles. The predicted molar refractivity (Wildman–Crippen MR) is 76.5 cm³/mol. The molecule has 1 aromatic rings. The van der Waals surface area contributed by atoms with Crippen molar-refractivity contribution in [1.82, 2.24) is 4.90 Å². The minimum atomic E-state index is -3.02. The van der Waals surface area contributed by atoms with Crippen LogP contribution in [0.1, 0.15) is 12.5 Å². The smallest absolute Gasteiger partial charge is 0.480 e. The summed E-state index contributed by atoms with van der Waals surface area (Å²) < 4.78 is 23.5. The molecule has 0 radical (unpaired) electrons. The molecule has 0 atom stereocenters. The van der Waals surface area contributed by atoms with E-state index >= 15 is 0 Å². The Kier molecular flexibility index (Phi) is 4.37. The Morgan fingerprint density at radius 2 is 1.55 bits per heavy atom. The molecule has 0 N–H and O–H groups in total. The van der Waals surface area contributed by atoms with Crippen LogP contribution in [0.15, 0.2) is 24.3 Å². The zero-order chi connectivity index (χ0) is 13.8. The number of benzene rings is 1. The summed E-state index contributed by atoms with van der Waals surface area (Å²) >= 11 is 0. The summed E-state index contributed by atoms with van der Waals surface area (Å²) in [6.45, 7) is 6.67. The lowest BCUT2D eigenvalue weighted by Crippen LogP contribution is -2.59. The molecule has 3 aliphatic rings. The van der Waals surface area contributed by atoms with Crippen LogP contribution in [0, 0.1) is 0 Å². The van der Waals surface area contributed by atoms with E-state index in [1.807, 2.05) is 12.1 Å². The van der Waals surface area contributed by atoms with Gasteiger partial charge in [-0.2, -0.15) is 0 Å². The molecule has 110 valence electrons. The van der Waals surface area contributed by atoms with E-state index in [2.05, 4.69) is 24.0 Å². The molecule has 0 aromatic heterocycles. The van der Waals surface area contributed by atoms with Gasteiger partial charge in [-0.1, -0.05) is 19.1 Å². The van der Waals surface area contributed by atoms with Gasteiger partial charge in [0, 0.05) is 19.6 Å². The van der Waals surface area contributed by atoms with Crippen LogP contribution >= 0.6 is 0 Å². The van der Waals surface area contributed by atoms with Gasteiger partial charge >= 0.3 is 9.05 Å². The van der Waals surface area contributed by atoms with E-state index in [9.17, 15) is 0 Å². The average Bonchev–Trinajstić information content (AvgIpc) is 2.41. The minimum Gasteiger partial charge on any atom is -0.480 e. The summed E-state index contributed by atoms with van der Waals surface area (Å²) in [7, 11) is -3.02. The number of aryl methyl sites for hydroxylation is 1. The molecule has 3 aliphatic heterocycles. The highest BCUT2D eigenvalue weighted by molar-refractivity contribution is 6.54. The van der Waals surface area contributed by atoms with Crippen LogP contribution in [-0.2, 0) is 19.7 Å². The molecule has 4 rings (SSSR count). The van der Waals surface area contributed by atoms with Crippen molar-refractivity contribution >= 4 is 9.05 Å². The first-order valence-electron chi connectivity index (χ1n) is 7.22. The number of hydrogen-bond acceptors (Lipinski definition) is 5. The maximum Gasteiger partial charge on any atom is 0.749 e. The van der Waals surface area contributed by atoms with E-state index in [0.717, 1.165) is 31.8 Å². The van der Waals surface area contributed by atoms with E-state index < -0.39 is 9.05 Å². The van der Waals surface area contributed by atoms with E-state index in [0.29, 0.717) is 19.8 Å². The normalized spacial score (nSPS) is 30.4. The van der Waals surface area contributed by atoms with Crippen LogP contribution in [0.4, 0.5) is 0 Å². The molecular weight excluding hydrogens is 274 g/mol. The van der Waals surface area contributed by atoms with E-state index in [1.165, 1.54) is 5.56 Å². The fourth-order valence-corrected chi connectivity index (χ4v) is 4.26. The molecule has 3 heterocycles. The second kappa shape index (κ2) is 6.24. The average molecular weight is 295 g/mol. The lowest BCUT2D eigenvalue weighted by Gasteiger charge is -2.36. The third kappa shape index (κ3) is 3.21. The first kappa shape index (κ1) is 14.0. The first-order valence-corrected chi connectivity index (χ1v) is 8.85. The van der Waals surface area contributed by atoms with Gasteiger partial charge in [-0.25, -0.2) is 0 Å². The number of hydrogen-bond donors (Lipinski definition) is 0. The fourth-order valence-electron chi connectivity index (χ4n) is 2.39. The Hall–Kier alpha value is -0.923. The molecule has 5 nitrogen and oxygen atoms in total. The standard InChI is InChI=1S/C14H21NO4Si/c1-2-13-3-5-14(6-4-13)19-20-16-10-7-15(8-11-17-20)9-12-18-20/h3-6H,2,7-12H2,1H3. The largest absolute Gasteiger partial charge is 0.749 e. The Morgan fingerprint density at radius 3 is 2.05 bits per heavy atom. The molecule has 2 bridgehead atoms. The van der Waals surface area contributed by atoms with Crippen molar-refractivity contribution in [2.45, 2.75) is 13.3 Å². The van der Waals surface area contributed by atoms with Crippen molar-refractivity contribution < 1.29 is 17.7 Å². The van der Waals surface area contributed by atoms with Crippen molar-refractivity contribution in [3.63, 3.8) is 0 Å². The Morgan fingerprint density at radius 1 is 1.00 bits per heavy atom. The van der Waals surface area contributed by atoms with Gasteiger partial charge in [-0.05, 0) is 24.1 Å². The summed E-state index contributed by atoms with van der Waals surface area (Å²) in [5.74, 6) is 0.756. The van der Waals surface area contributed by atoms with Gasteiger partial charge < -0.3 is 17.7 Å². The third-order valence-corrected chi connectivity index (χ3v) is 5.79. The number of rotatable bonds is 3. The van der Waals surface area contributed by atoms with E-state index in [1.54, 1.807) is 0 Å². The molecule has 6 heteroatoms. The van der Waals surface area contributed by atoms with Gasteiger partial charge in [0.25, 0.3) is 0 Å². The molecule has 0 saturated carbocycles. The highest BCUT2D eigenvalue weighted by atomic mass is 28.4. The van der Waals surface area contributed by atoms with E-state index in [-0.39, 0.29) is 0 Å². The highest BCUT2D eigenvalue weighted by Gasteiger charge is 2.50. The molecule has 0 amide bonds. The zero-order valence-electron chi connectivity index (χ0n) is 11.8. The van der Waals surface area contributed by atoms with Gasteiger partial charge in [0.2, 0.25) is 0 Å². The van der Waals surface area contributed by atoms with Crippen LogP contribution in [0.2, 0.25) is 0 Å². The summed E-state index contributed by atoms with van der Waals surface area (Å²) in [6.07, 6.45) is 1.02. The molecule has 1 aromatic carbocycles. The fraction of sp³-hybridized carbons (Fsp3) is 0.571. The van der Waals surface area contributed by atoms with Crippen molar-refractivity contribution in [2.24, 2.45) is 0 Å². The number of fused-ring (bicyclic) bond motifs is 6. The van der Waals surface area contributed by atoms with Gasteiger partial charge in [-0.15, -0.1) is 0 Å². The van der Waals surface area contributed by atoms with Crippen molar-refractivity contribution in [3.8, 4) is 5.75 Å². The van der Waals surface area contributed by atoms with Gasteiger partial charge in [0.05, 0.1) is 19.8 Å². The molecule has 3 fully saturated rings. The third-order valence-electron chi connectivity index (χ3n) is 3.63. The quantitative estimate of drug-likeness (QED) is 0.789. The summed E-state index contributed by atoms with van der Waals surface area (Å²) in [4.78, 5) is 2.29. The predicted octanol–water partition coefficient (Wildman–Crippen LogP) is 1.44. The lowest BCUT2D eigenvalue weighted by molar-refractivity contribution is -0.0496. The zero-order valence-corrected chi connectivity index (χ0v) is 12.8. The van der Waals surface area contributed by atoms with Crippen molar-refractivity contribution in [1.29, 1.82) is 0 Å². The SMILES string of the molecule is CCc1ccc(O[Si]23OCCN(CCO2)CCO3)cc1. The highest BCUT2D eigenvalue weighted by Crippen LogP contribution is 2.22. The Labute approximate surface area is 120 Å². The Balaban J connectivity index is 1.74. The number of nitrogens with zero attached hydrogens (tertiary/aromatic N) is 1. The van der Waals surface area contributed by atoms with Crippen LogP contribution in [0.5, 0.6) is 5.75 Å². The topological polar surface area (TPSA) is 40.2 Å². The molecule has 0 unspecified atom stereocenters. The van der Waals surface area contributed by atoms with E-state index in [4.69, 9.17) is 17.7 Å². The maximum absolute atomic E-state index is 6.00. The summed E-state index contributed by atoms with van der Waals surface area (Å²) in [5, 5.41) is 0. The molecule has 0 aliphatic carbocycles. The molecule has 0 spiro atoms. The second-order valence-corrected chi connectivity index (χ2v) is 7.06. The van der Waals surface area contributed by atoms with Crippen molar-refractivity contribution in [3.05, 3.63) is 29.8 Å². The van der Waals surface area contributed by atoms with Crippen LogP contribution < -0.4 is 4.43 Å². The molecular formula is C14H21NO4Si. The monoisotopic (exact) mass is 295 g/mol. The van der Waals surface area contributed by atoms with Gasteiger partial charge in [0.15, 0.2) is 0 Å². The van der Waals surface area contributed by atoms with Crippen LogP contribution in [0.25, 0.3) is 0 Å². The molecule has 20 heavy (non-hydrogen) atoms. The lowest BCUT2D eigenvalue weighted by atomic mass is 10.2. The van der Waals surface area contributed by atoms with Gasteiger partial charge in [-0.3, -0.25) is 4.90 Å². The summed E-state index contributed by atoms with van der Waals surface area (Å²) in [5.41, 5.74) is 1.28. The Bertz CT molecular complexity index is 413.